The number of rotatable bonds is 8. The number of anilines is 1. The van der Waals surface area contributed by atoms with Crippen molar-refractivity contribution in [2.45, 2.75) is 25.7 Å². The number of hydrazone groups is 1. The lowest BCUT2D eigenvalue weighted by Gasteiger charge is -2.10. The van der Waals surface area contributed by atoms with Crippen LogP contribution in [0.15, 0.2) is 88.9 Å². The van der Waals surface area contributed by atoms with Gasteiger partial charge in [-0.05, 0) is 81.4 Å². The Labute approximate surface area is 216 Å². The van der Waals surface area contributed by atoms with Crippen molar-refractivity contribution < 1.29 is 17.9 Å². The van der Waals surface area contributed by atoms with E-state index in [1.54, 1.807) is 30.5 Å². The van der Waals surface area contributed by atoms with Crippen LogP contribution in [0.5, 0.6) is 5.75 Å². The van der Waals surface area contributed by atoms with Gasteiger partial charge in [0.25, 0.3) is 15.9 Å². The Balaban J connectivity index is 1.47. The second-order valence-electron chi connectivity index (χ2n) is 8.56. The van der Waals surface area contributed by atoms with Crippen LogP contribution in [0, 0.1) is 20.8 Å². The van der Waals surface area contributed by atoms with Gasteiger partial charge in [-0.3, -0.25) is 9.52 Å². The highest BCUT2D eigenvalue weighted by Crippen LogP contribution is 2.21. The predicted molar refractivity (Wildman–Crippen MR) is 145 cm³/mol. The summed E-state index contributed by atoms with van der Waals surface area (Å²) in [4.78, 5) is 12.7. The van der Waals surface area contributed by atoms with E-state index < -0.39 is 15.9 Å². The van der Waals surface area contributed by atoms with Crippen molar-refractivity contribution in [2.75, 3.05) is 11.8 Å². The number of carbonyl (C=O) groups is 1. The third kappa shape index (κ3) is 5.90. The van der Waals surface area contributed by atoms with E-state index in [4.69, 9.17) is 4.74 Å². The second kappa shape index (κ2) is 10.7. The molecule has 190 valence electrons. The van der Waals surface area contributed by atoms with Crippen LogP contribution in [0.1, 0.15) is 32.9 Å². The first kappa shape index (κ1) is 25.7. The molecule has 0 aliphatic rings. The van der Waals surface area contributed by atoms with Crippen molar-refractivity contribution in [2.24, 2.45) is 5.10 Å². The molecule has 3 aromatic carbocycles. The van der Waals surface area contributed by atoms with Crippen molar-refractivity contribution in [1.29, 1.82) is 0 Å². The van der Waals surface area contributed by atoms with E-state index in [9.17, 15) is 13.2 Å². The van der Waals surface area contributed by atoms with Crippen molar-refractivity contribution >= 4 is 27.8 Å². The summed E-state index contributed by atoms with van der Waals surface area (Å²) in [6.45, 7) is 6.04. The van der Waals surface area contributed by atoms with Crippen LogP contribution in [0.4, 0.5) is 5.69 Å². The molecule has 1 aromatic heterocycles. The van der Waals surface area contributed by atoms with Crippen molar-refractivity contribution in [3.05, 3.63) is 107 Å². The van der Waals surface area contributed by atoms with Gasteiger partial charge in [-0.15, -0.1) is 0 Å². The van der Waals surface area contributed by atoms with E-state index in [0.717, 1.165) is 22.6 Å². The number of nitrogens with one attached hydrogen (secondary N) is 2. The van der Waals surface area contributed by atoms with E-state index in [1.807, 2.05) is 26.8 Å². The number of carbonyl (C=O) groups excluding carboxylic acids is 1. The molecule has 0 unspecified atom stereocenters. The molecule has 1 amide bonds. The SMILES string of the molecule is COc1ccc(NS(=O)(=O)c2cccc(C(=O)N/N=C\c3cc(C)n(-c4ccc(C)cc4)c3C)c2)cc1. The van der Waals surface area contributed by atoms with Gasteiger partial charge >= 0.3 is 0 Å². The molecule has 0 spiro atoms. The third-order valence-electron chi connectivity index (χ3n) is 5.88. The highest BCUT2D eigenvalue weighted by atomic mass is 32.2. The summed E-state index contributed by atoms with van der Waals surface area (Å²) in [5.41, 5.74) is 8.14. The normalized spacial score (nSPS) is 11.5. The first-order valence-corrected chi connectivity index (χ1v) is 13.0. The van der Waals surface area contributed by atoms with Crippen LogP contribution in [0.3, 0.4) is 0 Å². The van der Waals surface area contributed by atoms with E-state index in [-0.39, 0.29) is 10.5 Å². The molecule has 9 heteroatoms. The number of hydrogen-bond acceptors (Lipinski definition) is 5. The van der Waals surface area contributed by atoms with Crippen LogP contribution in [0.2, 0.25) is 0 Å². The van der Waals surface area contributed by atoms with Gasteiger partial charge in [-0.25, -0.2) is 13.8 Å². The van der Waals surface area contributed by atoms with E-state index in [1.165, 1.54) is 36.9 Å². The number of sulfonamides is 1. The lowest BCUT2D eigenvalue weighted by molar-refractivity contribution is 0.0955. The molecule has 0 saturated heterocycles. The molecule has 37 heavy (non-hydrogen) atoms. The second-order valence-corrected chi connectivity index (χ2v) is 10.2. The number of benzene rings is 3. The summed E-state index contributed by atoms with van der Waals surface area (Å²) in [5, 5.41) is 4.10. The monoisotopic (exact) mass is 516 g/mol. The van der Waals surface area contributed by atoms with Crippen LogP contribution in [-0.2, 0) is 10.0 Å². The van der Waals surface area contributed by atoms with Gasteiger partial charge in [0.2, 0.25) is 0 Å². The first-order valence-electron chi connectivity index (χ1n) is 11.5. The average molecular weight is 517 g/mol. The molecule has 2 N–H and O–H groups in total. The molecule has 4 aromatic rings. The molecule has 0 aliphatic heterocycles. The van der Waals surface area contributed by atoms with Crippen molar-refractivity contribution in [3.63, 3.8) is 0 Å². The Morgan fingerprint density at radius 1 is 0.946 bits per heavy atom. The topological polar surface area (TPSA) is 102 Å². The Morgan fingerprint density at radius 3 is 2.32 bits per heavy atom. The van der Waals surface area contributed by atoms with Crippen LogP contribution in [-0.4, -0.2) is 32.2 Å². The molecule has 0 radical (unpaired) electrons. The highest BCUT2D eigenvalue weighted by molar-refractivity contribution is 7.92. The fourth-order valence-corrected chi connectivity index (χ4v) is 5.02. The quantitative estimate of drug-likeness (QED) is 0.255. The Morgan fingerprint density at radius 2 is 1.65 bits per heavy atom. The molecule has 0 atom stereocenters. The Kier molecular flexibility index (Phi) is 7.45. The predicted octanol–water partition coefficient (Wildman–Crippen LogP) is 4.98. The molecule has 8 nitrogen and oxygen atoms in total. The minimum absolute atomic E-state index is 0.0402. The summed E-state index contributed by atoms with van der Waals surface area (Å²) in [5.74, 6) is 0.0873. The number of amides is 1. The van der Waals surface area contributed by atoms with E-state index in [0.29, 0.717) is 11.4 Å². The molecule has 0 bridgehead atoms. The van der Waals surface area contributed by atoms with E-state index in [2.05, 4.69) is 44.1 Å². The maximum atomic E-state index is 12.8. The highest BCUT2D eigenvalue weighted by Gasteiger charge is 2.17. The zero-order chi connectivity index (χ0) is 26.6. The van der Waals surface area contributed by atoms with Gasteiger partial charge in [0.1, 0.15) is 5.75 Å². The van der Waals surface area contributed by atoms with Gasteiger partial charge in [0, 0.05) is 33.9 Å². The van der Waals surface area contributed by atoms with Crippen LogP contribution >= 0.6 is 0 Å². The Hall–Kier alpha value is -4.37. The average Bonchev–Trinajstić information content (AvgIpc) is 3.17. The molecule has 0 saturated carbocycles. The molecule has 0 fully saturated rings. The summed E-state index contributed by atoms with van der Waals surface area (Å²) in [7, 11) is -2.37. The van der Waals surface area contributed by atoms with Crippen molar-refractivity contribution in [1.82, 2.24) is 9.99 Å². The summed E-state index contributed by atoms with van der Waals surface area (Å²) < 4.78 is 35.4. The number of aromatic nitrogens is 1. The number of ether oxygens (including phenoxy) is 1. The lowest BCUT2D eigenvalue weighted by Crippen LogP contribution is -2.19. The zero-order valence-corrected chi connectivity index (χ0v) is 21.8. The third-order valence-corrected chi connectivity index (χ3v) is 7.26. The summed E-state index contributed by atoms with van der Waals surface area (Å²) in [6.07, 6.45) is 1.58. The minimum atomic E-state index is -3.90. The summed E-state index contributed by atoms with van der Waals surface area (Å²) >= 11 is 0. The van der Waals surface area contributed by atoms with Crippen LogP contribution < -0.4 is 14.9 Å². The maximum absolute atomic E-state index is 12.8. The lowest BCUT2D eigenvalue weighted by atomic mass is 10.2. The van der Waals surface area contributed by atoms with Crippen molar-refractivity contribution in [3.8, 4) is 11.4 Å². The Bertz CT molecular complexity index is 1550. The maximum Gasteiger partial charge on any atom is 0.271 e. The molecular formula is C28H28N4O4S. The largest absolute Gasteiger partial charge is 0.497 e. The summed E-state index contributed by atoms with van der Waals surface area (Å²) in [6, 6.07) is 22.5. The van der Waals surface area contributed by atoms with Gasteiger partial charge < -0.3 is 9.30 Å². The fraction of sp³-hybridized carbons (Fsp3) is 0.143. The van der Waals surface area contributed by atoms with E-state index >= 15 is 0 Å². The number of methoxy groups -OCH3 is 1. The molecule has 1 heterocycles. The van der Waals surface area contributed by atoms with Gasteiger partial charge in [0.05, 0.1) is 18.2 Å². The van der Waals surface area contributed by atoms with Crippen LogP contribution in [0.25, 0.3) is 5.69 Å². The number of aryl methyl sites for hydroxylation is 2. The standard InChI is InChI=1S/C28H28N4O4S/c1-19-8-12-25(13-9-19)32-20(2)16-23(21(32)3)18-29-30-28(33)22-6-5-7-27(17-22)37(34,35)31-24-10-14-26(36-4)15-11-24/h5-18,31H,1-4H3,(H,30,33)/b29-18-. The van der Waals surface area contributed by atoms with Gasteiger partial charge in [-0.2, -0.15) is 5.10 Å². The molecular weight excluding hydrogens is 488 g/mol. The number of hydrogen-bond donors (Lipinski definition) is 2. The van der Waals surface area contributed by atoms with Gasteiger partial charge in [0.15, 0.2) is 0 Å². The molecule has 0 aliphatic carbocycles. The minimum Gasteiger partial charge on any atom is -0.497 e. The fourth-order valence-electron chi connectivity index (χ4n) is 3.91. The van der Waals surface area contributed by atoms with Gasteiger partial charge in [-0.1, -0.05) is 23.8 Å². The first-order chi connectivity index (χ1) is 17.7. The smallest absolute Gasteiger partial charge is 0.271 e. The zero-order valence-electron chi connectivity index (χ0n) is 21.0. The number of nitrogens with zero attached hydrogens (tertiary/aromatic N) is 2. The molecule has 4 rings (SSSR count).